The second-order valence-corrected chi connectivity index (χ2v) is 13.5. The van der Waals surface area contributed by atoms with E-state index in [0.717, 1.165) is 67.4 Å². The predicted molar refractivity (Wildman–Crippen MR) is 127 cm³/mol. The first-order chi connectivity index (χ1) is 16.0. The predicted octanol–water partition coefficient (Wildman–Crippen LogP) is 4.25. The Bertz CT molecular complexity index is 741. The number of carbonyl (C=O) groups is 2. The SMILES string of the molecule is O=C(NC1CCN(C(=O)NC2C3CC4CC(C3)CC2C4)CC1)NC12CC3CC(CC(C3)C1)C2. The molecule has 1 heterocycles. The van der Waals surface area contributed by atoms with Crippen LogP contribution in [-0.4, -0.2) is 47.7 Å². The largest absolute Gasteiger partial charge is 0.335 e. The smallest absolute Gasteiger partial charge is 0.317 e. The molecule has 0 aromatic carbocycles. The molecule has 0 unspecified atom stereocenters. The lowest BCUT2D eigenvalue weighted by molar-refractivity contribution is -0.0138. The zero-order valence-corrected chi connectivity index (χ0v) is 20.1. The van der Waals surface area contributed by atoms with Gasteiger partial charge < -0.3 is 20.9 Å². The molecule has 182 valence electrons. The van der Waals surface area contributed by atoms with Crippen LogP contribution in [-0.2, 0) is 0 Å². The first-order valence-corrected chi connectivity index (χ1v) is 14.1. The summed E-state index contributed by atoms with van der Waals surface area (Å²) in [5.74, 6) is 5.84. The van der Waals surface area contributed by atoms with Gasteiger partial charge in [-0.2, -0.15) is 0 Å². The lowest BCUT2D eigenvalue weighted by Crippen LogP contribution is -2.62. The van der Waals surface area contributed by atoms with E-state index in [0.29, 0.717) is 6.04 Å². The number of urea groups is 2. The third-order valence-electron chi connectivity index (χ3n) is 11.1. The second kappa shape index (κ2) is 7.78. The van der Waals surface area contributed by atoms with E-state index >= 15 is 0 Å². The van der Waals surface area contributed by atoms with Crippen molar-refractivity contribution < 1.29 is 9.59 Å². The van der Waals surface area contributed by atoms with E-state index < -0.39 is 0 Å². The van der Waals surface area contributed by atoms with E-state index in [-0.39, 0.29) is 23.6 Å². The number of hydrogen-bond acceptors (Lipinski definition) is 2. The summed E-state index contributed by atoms with van der Waals surface area (Å²) in [6, 6.07) is 0.772. The molecule has 9 fully saturated rings. The number of amides is 4. The summed E-state index contributed by atoms with van der Waals surface area (Å²) in [7, 11) is 0. The van der Waals surface area contributed by atoms with Crippen LogP contribution in [0.15, 0.2) is 0 Å². The van der Waals surface area contributed by atoms with Crippen molar-refractivity contribution in [2.75, 3.05) is 13.1 Å². The van der Waals surface area contributed by atoms with E-state index in [9.17, 15) is 9.59 Å². The van der Waals surface area contributed by atoms with E-state index in [4.69, 9.17) is 0 Å². The summed E-state index contributed by atoms with van der Waals surface area (Å²) < 4.78 is 0. The standard InChI is InChI=1S/C27H42N4O2/c32-25(30-27-13-18-6-19(14-27)8-20(7-18)15-27)28-23-1-3-31(4-2-23)26(33)29-24-21-9-16-5-17(11-21)12-22(24)10-16/h16-24H,1-15H2,(H,29,33)(H2,28,30,32). The van der Waals surface area contributed by atoms with Crippen molar-refractivity contribution in [2.45, 2.75) is 101 Å². The van der Waals surface area contributed by atoms with Crippen LogP contribution >= 0.6 is 0 Å². The first kappa shape index (κ1) is 20.9. The van der Waals surface area contributed by atoms with Crippen LogP contribution in [0.4, 0.5) is 9.59 Å². The van der Waals surface area contributed by atoms with Crippen LogP contribution in [0.2, 0.25) is 0 Å². The summed E-state index contributed by atoms with van der Waals surface area (Å²) in [5, 5.41) is 10.2. The van der Waals surface area contributed by atoms with Crippen molar-refractivity contribution in [1.82, 2.24) is 20.9 Å². The van der Waals surface area contributed by atoms with Crippen molar-refractivity contribution in [3.8, 4) is 0 Å². The molecule has 6 nitrogen and oxygen atoms in total. The van der Waals surface area contributed by atoms with Gasteiger partial charge in [0, 0.05) is 30.7 Å². The maximum Gasteiger partial charge on any atom is 0.317 e. The molecule has 1 saturated heterocycles. The van der Waals surface area contributed by atoms with E-state index in [1.807, 2.05) is 4.90 Å². The van der Waals surface area contributed by atoms with Crippen molar-refractivity contribution >= 4 is 12.1 Å². The molecule has 0 spiro atoms. The number of nitrogens with zero attached hydrogens (tertiary/aromatic N) is 1. The lowest BCUT2D eigenvalue weighted by atomic mass is 9.53. The van der Waals surface area contributed by atoms with Gasteiger partial charge in [0.25, 0.3) is 0 Å². The van der Waals surface area contributed by atoms with E-state index in [2.05, 4.69) is 16.0 Å². The quantitative estimate of drug-likeness (QED) is 0.596. The maximum atomic E-state index is 13.0. The molecule has 8 saturated carbocycles. The molecule has 0 aromatic heterocycles. The van der Waals surface area contributed by atoms with Gasteiger partial charge >= 0.3 is 12.1 Å². The minimum absolute atomic E-state index is 0.0356. The van der Waals surface area contributed by atoms with Crippen molar-refractivity contribution in [2.24, 2.45) is 41.4 Å². The highest BCUT2D eigenvalue weighted by atomic mass is 16.2. The fourth-order valence-corrected chi connectivity index (χ4v) is 10.3. The van der Waals surface area contributed by atoms with Crippen LogP contribution in [0.3, 0.4) is 0 Å². The maximum absolute atomic E-state index is 13.0. The van der Waals surface area contributed by atoms with Gasteiger partial charge in [-0.15, -0.1) is 0 Å². The highest BCUT2D eigenvalue weighted by Crippen LogP contribution is 2.56. The van der Waals surface area contributed by atoms with Crippen LogP contribution in [0.1, 0.15) is 83.5 Å². The van der Waals surface area contributed by atoms with Gasteiger partial charge in [0.05, 0.1) is 0 Å². The summed E-state index contributed by atoms with van der Waals surface area (Å²) in [4.78, 5) is 28.0. The molecule has 9 rings (SSSR count). The van der Waals surface area contributed by atoms with Gasteiger partial charge in [-0.05, 0) is 125 Å². The first-order valence-electron chi connectivity index (χ1n) is 14.1. The molecule has 4 amide bonds. The number of likely N-dealkylation sites (tertiary alicyclic amines) is 1. The van der Waals surface area contributed by atoms with Crippen LogP contribution in [0.25, 0.3) is 0 Å². The van der Waals surface area contributed by atoms with Gasteiger partial charge in [0.1, 0.15) is 0 Å². The topological polar surface area (TPSA) is 73.5 Å². The summed E-state index contributed by atoms with van der Waals surface area (Å²) >= 11 is 0. The Morgan fingerprint density at radius 2 is 1.18 bits per heavy atom. The summed E-state index contributed by atoms with van der Waals surface area (Å²) in [6.07, 6.45) is 16.3. The Balaban J connectivity index is 0.887. The van der Waals surface area contributed by atoms with Crippen LogP contribution in [0, 0.1) is 41.4 Å². The van der Waals surface area contributed by atoms with Crippen LogP contribution in [0.5, 0.6) is 0 Å². The lowest BCUT2D eigenvalue weighted by Gasteiger charge is -2.56. The Labute approximate surface area is 198 Å². The Hall–Kier alpha value is -1.46. The number of rotatable bonds is 3. The second-order valence-electron chi connectivity index (χ2n) is 13.5. The number of piperidine rings is 1. The molecule has 33 heavy (non-hydrogen) atoms. The monoisotopic (exact) mass is 454 g/mol. The van der Waals surface area contributed by atoms with Gasteiger partial charge in [-0.25, -0.2) is 9.59 Å². The van der Waals surface area contributed by atoms with Crippen molar-refractivity contribution in [1.29, 1.82) is 0 Å². The molecule has 1 aliphatic heterocycles. The third-order valence-corrected chi connectivity index (χ3v) is 11.1. The Morgan fingerprint density at radius 3 is 1.73 bits per heavy atom. The van der Waals surface area contributed by atoms with Gasteiger partial charge in [-0.1, -0.05) is 0 Å². The number of carbonyl (C=O) groups excluding carboxylic acids is 2. The van der Waals surface area contributed by atoms with E-state index in [1.165, 1.54) is 70.6 Å². The van der Waals surface area contributed by atoms with Crippen LogP contribution < -0.4 is 16.0 Å². The molecule has 8 bridgehead atoms. The highest BCUT2D eigenvalue weighted by Gasteiger charge is 2.52. The molecule has 3 N–H and O–H groups in total. The van der Waals surface area contributed by atoms with E-state index in [1.54, 1.807) is 0 Å². The number of nitrogens with one attached hydrogen (secondary N) is 3. The summed E-state index contributed by atoms with van der Waals surface area (Å²) in [6.45, 7) is 1.50. The van der Waals surface area contributed by atoms with Gasteiger partial charge in [-0.3, -0.25) is 0 Å². The fourth-order valence-electron chi connectivity index (χ4n) is 10.3. The van der Waals surface area contributed by atoms with Crippen molar-refractivity contribution in [3.63, 3.8) is 0 Å². The molecular formula is C27H42N4O2. The minimum Gasteiger partial charge on any atom is -0.335 e. The van der Waals surface area contributed by atoms with Crippen molar-refractivity contribution in [3.05, 3.63) is 0 Å². The molecule has 0 radical (unpaired) electrons. The van der Waals surface area contributed by atoms with Gasteiger partial charge in [0.15, 0.2) is 0 Å². The van der Waals surface area contributed by atoms with Gasteiger partial charge in [0.2, 0.25) is 0 Å². The zero-order chi connectivity index (χ0) is 22.2. The highest BCUT2D eigenvalue weighted by molar-refractivity contribution is 5.76. The molecule has 8 aliphatic carbocycles. The molecule has 9 aliphatic rings. The Morgan fingerprint density at radius 1 is 0.667 bits per heavy atom. The molecule has 0 atom stereocenters. The Kier molecular flexibility index (Phi) is 4.92. The average molecular weight is 455 g/mol. The average Bonchev–Trinajstić information content (AvgIpc) is 2.74. The summed E-state index contributed by atoms with van der Waals surface area (Å²) in [5.41, 5.74) is 0.0675. The normalized spacial score (nSPS) is 47.6. The molecular weight excluding hydrogens is 412 g/mol. The third kappa shape index (κ3) is 3.83. The fraction of sp³-hybridized carbons (Fsp3) is 0.926. The molecule has 6 heteroatoms. The number of hydrogen-bond donors (Lipinski definition) is 3. The zero-order valence-electron chi connectivity index (χ0n) is 20.1. The minimum atomic E-state index is 0.0356. The molecule has 0 aromatic rings.